The predicted molar refractivity (Wildman–Crippen MR) is 253 cm³/mol. The zero-order chi connectivity index (χ0) is 42.3. The lowest BCUT2D eigenvalue weighted by Gasteiger charge is -2.47. The Labute approximate surface area is 351 Å². The van der Waals surface area contributed by atoms with E-state index in [4.69, 9.17) is 4.98 Å². The Morgan fingerprint density at radius 2 is 0.983 bits per heavy atom. The van der Waals surface area contributed by atoms with Gasteiger partial charge in [-0.15, -0.1) is 0 Å². The van der Waals surface area contributed by atoms with Gasteiger partial charge in [0.05, 0.1) is 0 Å². The third-order valence-corrected chi connectivity index (χ3v) is 13.8. The molecule has 1 aliphatic carbocycles. The summed E-state index contributed by atoms with van der Waals surface area (Å²) in [6, 6.07) is 31.6. The van der Waals surface area contributed by atoms with E-state index < -0.39 is 0 Å². The molecule has 0 unspecified atom stereocenters. The van der Waals surface area contributed by atoms with E-state index in [9.17, 15) is 0 Å². The van der Waals surface area contributed by atoms with Gasteiger partial charge in [0.15, 0.2) is 0 Å². The van der Waals surface area contributed by atoms with Crippen LogP contribution < -0.4 is 26.2 Å². The van der Waals surface area contributed by atoms with Gasteiger partial charge < -0.3 is 4.90 Å². The van der Waals surface area contributed by atoms with Crippen LogP contribution in [-0.4, -0.2) is 11.7 Å². The second-order valence-electron chi connectivity index (χ2n) is 23.4. The quantitative estimate of drug-likeness (QED) is 0.163. The lowest BCUT2D eigenvalue weighted by atomic mass is 9.33. The number of aryl methyl sites for hydroxylation is 1. The first-order chi connectivity index (χ1) is 26.7. The molecule has 3 nitrogen and oxygen atoms in total. The monoisotopic (exact) mass is 770 g/mol. The molecule has 302 valence electrons. The van der Waals surface area contributed by atoms with Gasteiger partial charge in [0.25, 0.3) is 6.71 Å². The van der Waals surface area contributed by atoms with Crippen molar-refractivity contribution in [1.29, 1.82) is 0 Å². The van der Waals surface area contributed by atoms with Gasteiger partial charge in [-0.1, -0.05) is 147 Å². The molecule has 0 saturated carbocycles. The van der Waals surface area contributed by atoms with E-state index >= 15 is 0 Å². The first-order valence-corrected chi connectivity index (χ1v) is 21.9. The van der Waals surface area contributed by atoms with Gasteiger partial charge in [-0.05, 0) is 144 Å². The Morgan fingerprint density at radius 1 is 0.483 bits per heavy atom. The predicted octanol–water partition coefficient (Wildman–Crippen LogP) is 13.0. The number of aromatic nitrogens is 1. The summed E-state index contributed by atoms with van der Waals surface area (Å²) < 4.78 is 0. The molecule has 0 atom stereocenters. The van der Waals surface area contributed by atoms with Crippen LogP contribution >= 0.6 is 0 Å². The maximum atomic E-state index is 5.56. The van der Waals surface area contributed by atoms with Crippen molar-refractivity contribution in [2.24, 2.45) is 0 Å². The molecule has 0 bridgehead atoms. The second-order valence-corrected chi connectivity index (χ2v) is 23.4. The number of nitrogens with zero attached hydrogens (tertiary/aromatic N) is 3. The lowest BCUT2D eigenvalue weighted by Crippen LogP contribution is -2.62. The van der Waals surface area contributed by atoms with E-state index in [2.05, 4.69) is 206 Å². The Bertz CT molecular complexity index is 2420. The van der Waals surface area contributed by atoms with Gasteiger partial charge >= 0.3 is 0 Å². The average Bonchev–Trinajstić information content (AvgIpc) is 3.11. The minimum absolute atomic E-state index is 0.00893. The first-order valence-electron chi connectivity index (χ1n) is 21.9. The first kappa shape index (κ1) is 40.5. The van der Waals surface area contributed by atoms with Crippen LogP contribution in [0.15, 0.2) is 78.9 Å². The van der Waals surface area contributed by atoms with Crippen molar-refractivity contribution in [3.05, 3.63) is 118 Å². The smallest absolute Gasteiger partial charge is 0.254 e. The van der Waals surface area contributed by atoms with Gasteiger partial charge in [-0.3, -0.25) is 4.90 Å². The molecule has 5 aromatic rings. The van der Waals surface area contributed by atoms with E-state index in [1.54, 1.807) is 0 Å². The molecule has 8 rings (SSSR count). The Hall–Kier alpha value is -4.31. The highest BCUT2D eigenvalue weighted by molar-refractivity contribution is 7.00. The van der Waals surface area contributed by atoms with Crippen molar-refractivity contribution in [1.82, 2.24) is 4.98 Å². The molecule has 0 N–H and O–H groups in total. The molecule has 0 saturated heterocycles. The highest BCUT2D eigenvalue weighted by Crippen LogP contribution is 2.51. The Balaban J connectivity index is 1.53. The van der Waals surface area contributed by atoms with E-state index in [1.807, 2.05) is 0 Å². The van der Waals surface area contributed by atoms with Crippen molar-refractivity contribution in [2.45, 2.75) is 163 Å². The normalized spacial score (nSPS) is 17.1. The van der Waals surface area contributed by atoms with Crippen LogP contribution in [0.2, 0.25) is 0 Å². The number of rotatable bonds is 2. The van der Waals surface area contributed by atoms with Crippen LogP contribution in [0.1, 0.15) is 163 Å². The zero-order valence-corrected chi connectivity index (χ0v) is 38.8. The summed E-state index contributed by atoms with van der Waals surface area (Å²) in [4.78, 5) is 10.7. The van der Waals surface area contributed by atoms with Crippen molar-refractivity contribution in [3.8, 4) is 0 Å². The third-order valence-electron chi connectivity index (χ3n) is 13.8. The summed E-state index contributed by atoms with van der Waals surface area (Å²) in [5, 5.41) is 0. The number of benzene rings is 4. The maximum absolute atomic E-state index is 5.56. The van der Waals surface area contributed by atoms with Crippen molar-refractivity contribution in [2.75, 3.05) is 9.80 Å². The fourth-order valence-electron chi connectivity index (χ4n) is 9.76. The third kappa shape index (κ3) is 6.62. The summed E-state index contributed by atoms with van der Waals surface area (Å²) in [6.45, 7) is 40.1. The average molecular weight is 770 g/mol. The molecule has 0 radical (unpaired) electrons. The number of hydrogen-bond acceptors (Lipinski definition) is 3. The molecular formula is C54H68BN3. The molecule has 3 aliphatic rings. The summed E-state index contributed by atoms with van der Waals surface area (Å²) >= 11 is 0. The SMILES string of the molecule is Cc1cc2c3c(n1)N(c1ccc(C(C)(C)C)cc1)c1ccc(C(C)(C)C)cc1B3c1cc3c(cc1N2c1cc(C(C)(C)C)cc(C(C)(C)C)c1)C(C)(C)CCC3(C)C. The van der Waals surface area contributed by atoms with Gasteiger partial charge in [-0.25, -0.2) is 4.98 Å². The topological polar surface area (TPSA) is 19.4 Å². The van der Waals surface area contributed by atoms with Crippen molar-refractivity contribution >= 4 is 57.4 Å². The summed E-state index contributed by atoms with van der Waals surface area (Å²) in [5.41, 5.74) is 19.7. The summed E-state index contributed by atoms with van der Waals surface area (Å²) in [5.74, 6) is 1.04. The molecule has 0 fully saturated rings. The van der Waals surface area contributed by atoms with Crippen LogP contribution in [0.4, 0.5) is 34.3 Å². The number of fused-ring (bicyclic) bond motifs is 5. The molecule has 4 heteroatoms. The van der Waals surface area contributed by atoms with Gasteiger partial charge in [0, 0.05) is 34.1 Å². The highest BCUT2D eigenvalue weighted by atomic mass is 15.2. The van der Waals surface area contributed by atoms with Crippen LogP contribution in [-0.2, 0) is 32.5 Å². The molecule has 4 aromatic carbocycles. The van der Waals surface area contributed by atoms with Gasteiger partial charge in [0.1, 0.15) is 5.82 Å². The maximum Gasteiger partial charge on any atom is 0.254 e. The summed E-state index contributed by atoms with van der Waals surface area (Å²) in [7, 11) is 0. The fraction of sp³-hybridized carbons (Fsp3) is 0.463. The van der Waals surface area contributed by atoms with E-state index in [0.29, 0.717) is 0 Å². The number of hydrogen-bond donors (Lipinski definition) is 0. The Morgan fingerprint density at radius 3 is 1.52 bits per heavy atom. The van der Waals surface area contributed by atoms with E-state index in [0.717, 1.165) is 17.2 Å². The standard InChI is InChI=1S/C54H68BN3/c1-33-26-46-47-48(56-33)58(38-21-18-34(19-22-38)49(2,3)4)44-23-20-35(50(5,6)7)30-42(44)55(47)43-31-40-41(54(16,17)25-24-53(40,14)15)32-45(43)57(46)39-28-36(51(8,9)10)27-37(29-39)52(11,12)13/h18-23,26-32H,24-25H2,1-17H3. The van der Waals surface area contributed by atoms with Crippen LogP contribution in [0.25, 0.3) is 0 Å². The zero-order valence-electron chi connectivity index (χ0n) is 38.8. The lowest BCUT2D eigenvalue weighted by molar-refractivity contribution is 0.332. The summed E-state index contributed by atoms with van der Waals surface area (Å²) in [6.07, 6.45) is 2.35. The van der Waals surface area contributed by atoms with E-state index in [1.165, 1.54) is 85.4 Å². The molecule has 0 spiro atoms. The minimum atomic E-state index is -0.0229. The molecule has 58 heavy (non-hydrogen) atoms. The van der Waals surface area contributed by atoms with Crippen molar-refractivity contribution < 1.29 is 0 Å². The molecule has 2 aliphatic heterocycles. The minimum Gasteiger partial charge on any atom is -0.311 e. The molecular weight excluding hydrogens is 701 g/mol. The van der Waals surface area contributed by atoms with Crippen LogP contribution in [0.3, 0.4) is 0 Å². The fourth-order valence-corrected chi connectivity index (χ4v) is 9.76. The number of pyridine rings is 1. The van der Waals surface area contributed by atoms with Gasteiger partial charge in [0.2, 0.25) is 0 Å². The number of anilines is 6. The van der Waals surface area contributed by atoms with Crippen molar-refractivity contribution in [3.63, 3.8) is 0 Å². The highest BCUT2D eigenvalue weighted by Gasteiger charge is 2.47. The molecule has 1 aromatic heterocycles. The molecule has 0 amide bonds. The Kier molecular flexibility index (Phi) is 8.97. The van der Waals surface area contributed by atoms with Crippen LogP contribution in [0.5, 0.6) is 0 Å². The van der Waals surface area contributed by atoms with Crippen LogP contribution in [0, 0.1) is 6.92 Å². The largest absolute Gasteiger partial charge is 0.311 e. The second kappa shape index (κ2) is 12.8. The van der Waals surface area contributed by atoms with Gasteiger partial charge in [-0.2, -0.15) is 0 Å². The molecule has 3 heterocycles. The van der Waals surface area contributed by atoms with E-state index in [-0.39, 0.29) is 39.2 Å².